The maximum atomic E-state index is 13.9. The number of hydrogen-bond donors (Lipinski definition) is 1. The van der Waals surface area contributed by atoms with Gasteiger partial charge in [-0.1, -0.05) is 30.3 Å². The summed E-state index contributed by atoms with van der Waals surface area (Å²) in [6, 6.07) is 13.3. The van der Waals surface area contributed by atoms with Crippen molar-refractivity contribution in [2.75, 3.05) is 0 Å². The minimum absolute atomic E-state index is 0.0849. The molecule has 0 atom stereocenters. The fourth-order valence-corrected chi connectivity index (χ4v) is 6.22. The molecule has 2 amide bonds. The van der Waals surface area contributed by atoms with Crippen LogP contribution in [0.25, 0.3) is 0 Å². The summed E-state index contributed by atoms with van der Waals surface area (Å²) in [6.07, 6.45) is -2.90. The molecule has 12 nitrogen and oxygen atoms in total. The van der Waals surface area contributed by atoms with E-state index in [0.717, 1.165) is 0 Å². The van der Waals surface area contributed by atoms with Crippen molar-refractivity contribution in [3.05, 3.63) is 54.6 Å². The van der Waals surface area contributed by atoms with Crippen LogP contribution < -0.4 is 10.1 Å². The normalized spacial score (nSPS) is 12.2. The Balaban J connectivity index is 2.68. The van der Waals surface area contributed by atoms with Gasteiger partial charge < -0.3 is 14.9 Å². The molecule has 0 radical (unpaired) electrons. The number of hydrazine groups is 1. The van der Waals surface area contributed by atoms with Gasteiger partial charge in [0.25, 0.3) is 10.0 Å². The standard InChI is InChI=1S/C23H32N3O9PS/c1-17(2)24-23(28)33-26(25(16-27)36(29,34-18(3)4)35-19(5)6)37(30,31)22-15-11-10-14-21(22)32-20-12-8-7-9-13-20/h7-19H,1-6H3,(H,24,28). The largest absolute Gasteiger partial charge is 0.456 e. The molecule has 0 aliphatic carbocycles. The van der Waals surface area contributed by atoms with E-state index in [1.165, 1.54) is 52.0 Å². The molecule has 0 aliphatic heterocycles. The van der Waals surface area contributed by atoms with Gasteiger partial charge in [0.05, 0.1) is 16.8 Å². The Morgan fingerprint density at radius 3 is 1.97 bits per heavy atom. The Kier molecular flexibility index (Phi) is 10.6. The molecule has 2 aromatic rings. The van der Waals surface area contributed by atoms with Crippen LogP contribution in [0.5, 0.6) is 11.5 Å². The van der Waals surface area contributed by atoms with Crippen molar-refractivity contribution in [1.29, 1.82) is 0 Å². The van der Waals surface area contributed by atoms with E-state index in [2.05, 4.69) is 5.32 Å². The smallest absolute Gasteiger partial charge is 0.455 e. The lowest BCUT2D eigenvalue weighted by Gasteiger charge is -2.34. The van der Waals surface area contributed by atoms with E-state index in [1.807, 2.05) is 0 Å². The highest BCUT2D eigenvalue weighted by molar-refractivity contribution is 7.89. The molecule has 0 fully saturated rings. The number of carbonyl (C=O) groups excluding carboxylic acids is 2. The number of amides is 2. The second-order valence-electron chi connectivity index (χ2n) is 8.46. The average molecular weight is 558 g/mol. The van der Waals surface area contributed by atoms with Crippen molar-refractivity contribution in [3.63, 3.8) is 0 Å². The Morgan fingerprint density at radius 2 is 1.46 bits per heavy atom. The van der Waals surface area contributed by atoms with Crippen LogP contribution in [0.15, 0.2) is 59.5 Å². The summed E-state index contributed by atoms with van der Waals surface area (Å²) >= 11 is 0. The highest BCUT2D eigenvalue weighted by atomic mass is 32.2. The van der Waals surface area contributed by atoms with E-state index < -0.39 is 47.0 Å². The van der Waals surface area contributed by atoms with Crippen LogP contribution in [-0.2, 0) is 33.3 Å². The summed E-state index contributed by atoms with van der Waals surface area (Å²) in [7, 11) is -9.68. The van der Waals surface area contributed by atoms with Gasteiger partial charge >= 0.3 is 13.8 Å². The Labute approximate surface area is 217 Å². The first-order chi connectivity index (χ1) is 17.3. The second-order valence-corrected chi connectivity index (χ2v) is 11.9. The number of nitrogens with zero attached hydrogens (tertiary/aromatic N) is 2. The van der Waals surface area contributed by atoms with E-state index in [1.54, 1.807) is 44.2 Å². The first kappa shape index (κ1) is 30.3. The van der Waals surface area contributed by atoms with Gasteiger partial charge in [-0.3, -0.25) is 13.8 Å². The van der Waals surface area contributed by atoms with E-state index in [9.17, 15) is 22.6 Å². The van der Waals surface area contributed by atoms with Gasteiger partial charge in [0, 0.05) is 6.04 Å². The predicted octanol–water partition coefficient (Wildman–Crippen LogP) is 4.85. The Morgan fingerprint density at radius 1 is 0.919 bits per heavy atom. The van der Waals surface area contributed by atoms with Gasteiger partial charge in [0.1, 0.15) is 16.4 Å². The fraction of sp³-hybridized carbons (Fsp3) is 0.391. The molecule has 0 saturated carbocycles. The van der Waals surface area contributed by atoms with Gasteiger partial charge in [0.15, 0.2) is 0 Å². The first-order valence-corrected chi connectivity index (χ1v) is 14.3. The molecule has 0 saturated heterocycles. The van der Waals surface area contributed by atoms with Crippen molar-refractivity contribution in [1.82, 2.24) is 14.7 Å². The minimum Gasteiger partial charge on any atom is -0.456 e. The van der Waals surface area contributed by atoms with Gasteiger partial charge in [0.2, 0.25) is 6.41 Å². The molecule has 0 aliphatic rings. The lowest BCUT2D eigenvalue weighted by Crippen LogP contribution is -2.48. The highest BCUT2D eigenvalue weighted by Crippen LogP contribution is 2.55. The summed E-state index contributed by atoms with van der Waals surface area (Å²) in [5, 5.41) is 2.35. The number of ether oxygens (including phenoxy) is 1. The van der Waals surface area contributed by atoms with Crippen LogP contribution in [-0.4, -0.2) is 48.5 Å². The SMILES string of the molecule is CC(C)NC(=O)ON(N(C=O)P(=O)(OC(C)C)OC(C)C)S(=O)(=O)c1ccccc1Oc1ccccc1. The summed E-state index contributed by atoms with van der Waals surface area (Å²) in [4.78, 5) is 29.3. The van der Waals surface area contributed by atoms with Gasteiger partial charge in [-0.2, -0.15) is 0 Å². The molecule has 0 unspecified atom stereocenters. The third-order valence-corrected chi connectivity index (χ3v) is 7.88. The Hall–Kier alpha value is -2.96. The van der Waals surface area contributed by atoms with E-state index in [4.69, 9.17) is 18.6 Å². The van der Waals surface area contributed by atoms with Crippen LogP contribution in [0.4, 0.5) is 4.79 Å². The Bertz CT molecular complexity index is 1190. The molecule has 37 heavy (non-hydrogen) atoms. The number of hydrogen-bond acceptors (Lipinski definition) is 9. The van der Waals surface area contributed by atoms with Crippen LogP contribution >= 0.6 is 7.75 Å². The summed E-state index contributed by atoms with van der Waals surface area (Å²) in [6.45, 7) is 9.24. The van der Waals surface area contributed by atoms with Crippen molar-refractivity contribution >= 4 is 30.3 Å². The third-order valence-electron chi connectivity index (χ3n) is 4.07. The van der Waals surface area contributed by atoms with Crippen LogP contribution in [0.2, 0.25) is 0 Å². The van der Waals surface area contributed by atoms with E-state index >= 15 is 0 Å². The lowest BCUT2D eigenvalue weighted by molar-refractivity contribution is -0.157. The zero-order valence-corrected chi connectivity index (χ0v) is 23.1. The van der Waals surface area contributed by atoms with Crippen LogP contribution in [0.1, 0.15) is 41.5 Å². The van der Waals surface area contributed by atoms with E-state index in [0.29, 0.717) is 5.75 Å². The molecule has 14 heteroatoms. The van der Waals surface area contributed by atoms with Crippen molar-refractivity contribution < 1.29 is 41.2 Å². The maximum absolute atomic E-state index is 13.9. The monoisotopic (exact) mass is 557 g/mol. The summed E-state index contributed by atoms with van der Waals surface area (Å²) in [5.41, 5.74) is 0. The summed E-state index contributed by atoms with van der Waals surface area (Å²) in [5.74, 6) is 0.168. The predicted molar refractivity (Wildman–Crippen MR) is 135 cm³/mol. The van der Waals surface area contributed by atoms with Gasteiger partial charge in [-0.05, 0) is 65.8 Å². The number of carbonyl (C=O) groups is 2. The zero-order valence-electron chi connectivity index (χ0n) is 21.4. The number of benzene rings is 2. The zero-order chi connectivity index (χ0) is 27.8. The van der Waals surface area contributed by atoms with Crippen LogP contribution in [0, 0.1) is 0 Å². The molecule has 2 rings (SSSR count). The van der Waals surface area contributed by atoms with Crippen molar-refractivity contribution in [2.24, 2.45) is 0 Å². The molecule has 204 valence electrons. The fourth-order valence-electron chi connectivity index (χ4n) is 2.82. The van der Waals surface area contributed by atoms with Gasteiger partial charge in [-0.25, -0.2) is 17.8 Å². The molecule has 0 spiro atoms. The molecule has 0 heterocycles. The summed E-state index contributed by atoms with van der Waals surface area (Å²) < 4.78 is 58.0. The molecule has 2 aromatic carbocycles. The molecule has 1 N–H and O–H groups in total. The topological polar surface area (TPSA) is 141 Å². The molecular weight excluding hydrogens is 525 g/mol. The first-order valence-electron chi connectivity index (χ1n) is 11.4. The average Bonchev–Trinajstić information content (AvgIpc) is 2.78. The van der Waals surface area contributed by atoms with Crippen molar-refractivity contribution in [3.8, 4) is 11.5 Å². The quantitative estimate of drug-likeness (QED) is 0.208. The minimum atomic E-state index is -4.96. The van der Waals surface area contributed by atoms with E-state index in [-0.39, 0.29) is 21.5 Å². The molecular formula is C23H32N3O9PS. The number of rotatable bonds is 13. The molecule has 0 aromatic heterocycles. The maximum Gasteiger partial charge on any atom is 0.455 e. The van der Waals surface area contributed by atoms with Crippen LogP contribution in [0.3, 0.4) is 0 Å². The second kappa shape index (κ2) is 13.0. The number of para-hydroxylation sites is 2. The van der Waals surface area contributed by atoms with Crippen molar-refractivity contribution in [2.45, 2.75) is 64.7 Å². The number of sulfonamides is 1. The van der Waals surface area contributed by atoms with Gasteiger partial charge in [-0.15, -0.1) is 4.78 Å². The third kappa shape index (κ3) is 8.27. The highest BCUT2D eigenvalue weighted by Gasteiger charge is 2.48. The molecule has 0 bridgehead atoms. The number of nitrogens with one attached hydrogen (secondary N) is 1. The lowest BCUT2D eigenvalue weighted by atomic mass is 10.3.